The molecule has 1 amide bonds. The van der Waals surface area contributed by atoms with Crippen LogP contribution in [0.2, 0.25) is 0 Å². The first-order valence-corrected chi connectivity index (χ1v) is 11.3. The van der Waals surface area contributed by atoms with E-state index in [4.69, 9.17) is 4.42 Å². The number of hydrogen-bond acceptors (Lipinski definition) is 7. The highest BCUT2D eigenvalue weighted by molar-refractivity contribution is 7.17. The lowest BCUT2D eigenvalue weighted by molar-refractivity contribution is 0.0568. The van der Waals surface area contributed by atoms with E-state index in [1.54, 1.807) is 29.2 Å². The molecule has 1 fully saturated rings. The number of fused-ring (bicyclic) bond motifs is 1. The number of aromatic hydroxyl groups is 1. The molecule has 4 aromatic rings. The minimum absolute atomic E-state index is 0.0422. The summed E-state index contributed by atoms with van der Waals surface area (Å²) >= 11 is 1.37. The Labute approximate surface area is 187 Å². The van der Waals surface area contributed by atoms with E-state index in [0.29, 0.717) is 54.0 Å². The SMILES string of the molecule is CCc1nc2sc([C@H](c3ccc(F)cc3)N3CCN(C(=O)c4ccco4)CC3)c(O)n2n1. The van der Waals surface area contributed by atoms with Gasteiger partial charge < -0.3 is 14.4 Å². The van der Waals surface area contributed by atoms with Crippen molar-refractivity contribution in [1.82, 2.24) is 24.4 Å². The molecule has 1 N–H and O–H groups in total. The molecule has 10 heteroatoms. The molecule has 1 atom stereocenters. The van der Waals surface area contributed by atoms with Gasteiger partial charge in [0, 0.05) is 32.6 Å². The van der Waals surface area contributed by atoms with Crippen LogP contribution in [0.5, 0.6) is 5.88 Å². The van der Waals surface area contributed by atoms with Gasteiger partial charge in [-0.2, -0.15) is 4.52 Å². The first kappa shape index (κ1) is 20.7. The van der Waals surface area contributed by atoms with Gasteiger partial charge in [0.15, 0.2) is 11.6 Å². The van der Waals surface area contributed by atoms with Gasteiger partial charge >= 0.3 is 0 Å². The number of thiazole rings is 1. The minimum Gasteiger partial charge on any atom is -0.492 e. The van der Waals surface area contributed by atoms with Crippen LogP contribution in [0.1, 0.15) is 39.8 Å². The Kier molecular flexibility index (Phi) is 5.40. The molecule has 32 heavy (non-hydrogen) atoms. The first-order chi connectivity index (χ1) is 15.5. The van der Waals surface area contributed by atoms with E-state index in [0.717, 1.165) is 5.56 Å². The van der Waals surface area contributed by atoms with Crippen molar-refractivity contribution in [3.8, 4) is 5.88 Å². The molecule has 4 heterocycles. The second kappa shape index (κ2) is 8.36. The highest BCUT2D eigenvalue weighted by atomic mass is 32.1. The average Bonchev–Trinajstić information content (AvgIpc) is 3.54. The van der Waals surface area contributed by atoms with Gasteiger partial charge in [-0.3, -0.25) is 9.69 Å². The molecule has 1 aromatic carbocycles. The van der Waals surface area contributed by atoms with E-state index in [-0.39, 0.29) is 23.6 Å². The summed E-state index contributed by atoms with van der Waals surface area (Å²) in [5, 5.41) is 15.3. The third kappa shape index (κ3) is 3.65. The maximum Gasteiger partial charge on any atom is 0.289 e. The maximum atomic E-state index is 13.6. The number of aryl methyl sites for hydroxylation is 1. The van der Waals surface area contributed by atoms with Crippen molar-refractivity contribution in [3.05, 3.63) is 70.5 Å². The van der Waals surface area contributed by atoms with Gasteiger partial charge in [-0.15, -0.1) is 5.10 Å². The molecule has 166 valence electrons. The van der Waals surface area contributed by atoms with Crippen LogP contribution in [-0.2, 0) is 6.42 Å². The third-order valence-corrected chi connectivity index (χ3v) is 6.77. The zero-order valence-electron chi connectivity index (χ0n) is 17.4. The number of halogens is 1. The predicted octanol–water partition coefficient (Wildman–Crippen LogP) is 3.34. The standard InChI is InChI=1S/C22H22FN5O3S/c1-2-17-24-22-28(25-17)21(30)19(32-22)18(14-5-7-15(23)8-6-14)26-9-11-27(12-10-26)20(29)16-4-3-13-31-16/h3-8,13,18,30H,2,9-12H2,1H3/t18-/m0/s1. The average molecular weight is 456 g/mol. The quantitative estimate of drug-likeness (QED) is 0.497. The molecule has 0 unspecified atom stereocenters. The number of benzene rings is 1. The summed E-state index contributed by atoms with van der Waals surface area (Å²) in [6.07, 6.45) is 2.16. The van der Waals surface area contributed by atoms with E-state index in [1.807, 2.05) is 6.92 Å². The van der Waals surface area contributed by atoms with Crippen LogP contribution in [0.3, 0.4) is 0 Å². The zero-order valence-corrected chi connectivity index (χ0v) is 18.3. The van der Waals surface area contributed by atoms with Crippen molar-refractivity contribution in [2.24, 2.45) is 0 Å². The fraction of sp³-hybridized carbons (Fsp3) is 0.318. The van der Waals surface area contributed by atoms with Gasteiger partial charge in [-0.1, -0.05) is 30.4 Å². The van der Waals surface area contributed by atoms with Gasteiger partial charge in [0.2, 0.25) is 10.8 Å². The molecule has 0 aliphatic carbocycles. The van der Waals surface area contributed by atoms with Crippen molar-refractivity contribution in [1.29, 1.82) is 0 Å². The van der Waals surface area contributed by atoms with Crippen LogP contribution in [0.15, 0.2) is 47.1 Å². The summed E-state index contributed by atoms with van der Waals surface area (Å²) in [6, 6.07) is 9.34. The van der Waals surface area contributed by atoms with E-state index in [1.165, 1.54) is 34.2 Å². The smallest absolute Gasteiger partial charge is 0.289 e. The molecule has 5 rings (SSSR count). The number of piperazine rings is 1. The summed E-state index contributed by atoms with van der Waals surface area (Å²) in [7, 11) is 0. The van der Waals surface area contributed by atoms with Crippen LogP contribution in [-0.4, -0.2) is 61.6 Å². The van der Waals surface area contributed by atoms with Gasteiger partial charge in [0.25, 0.3) is 5.91 Å². The van der Waals surface area contributed by atoms with E-state index < -0.39 is 0 Å². The molecule has 8 nitrogen and oxygen atoms in total. The lowest BCUT2D eigenvalue weighted by Gasteiger charge is -2.38. The van der Waals surface area contributed by atoms with E-state index >= 15 is 0 Å². The van der Waals surface area contributed by atoms with Crippen molar-refractivity contribution in [3.63, 3.8) is 0 Å². The van der Waals surface area contributed by atoms with Crippen LogP contribution in [0, 0.1) is 5.82 Å². The van der Waals surface area contributed by atoms with Gasteiger partial charge in [0.05, 0.1) is 17.2 Å². The molecule has 0 spiro atoms. The maximum absolute atomic E-state index is 13.6. The monoisotopic (exact) mass is 455 g/mol. The normalized spacial score (nSPS) is 16.0. The number of carbonyl (C=O) groups excluding carboxylic acids is 1. The number of hydrogen-bond donors (Lipinski definition) is 1. The van der Waals surface area contributed by atoms with Gasteiger partial charge in [-0.25, -0.2) is 9.37 Å². The van der Waals surface area contributed by atoms with Crippen LogP contribution in [0.4, 0.5) is 4.39 Å². The molecule has 1 saturated heterocycles. The largest absolute Gasteiger partial charge is 0.492 e. The van der Waals surface area contributed by atoms with E-state index in [2.05, 4.69) is 15.0 Å². The summed E-state index contributed by atoms with van der Waals surface area (Å²) < 4.78 is 20.3. The lowest BCUT2D eigenvalue weighted by atomic mass is 10.0. The number of amides is 1. The van der Waals surface area contributed by atoms with Gasteiger partial charge in [0.1, 0.15) is 5.82 Å². The molecular formula is C22H22FN5O3S. The zero-order chi connectivity index (χ0) is 22.2. The highest BCUT2D eigenvalue weighted by Crippen LogP contribution is 2.40. The Hall–Kier alpha value is -3.24. The Balaban J connectivity index is 1.45. The highest BCUT2D eigenvalue weighted by Gasteiger charge is 2.33. The second-order valence-corrected chi connectivity index (χ2v) is 8.63. The number of rotatable bonds is 5. The number of carbonyl (C=O) groups is 1. The molecular weight excluding hydrogens is 433 g/mol. The second-order valence-electron chi connectivity index (χ2n) is 7.63. The molecule has 3 aromatic heterocycles. The number of aromatic nitrogens is 3. The fourth-order valence-electron chi connectivity index (χ4n) is 4.03. The van der Waals surface area contributed by atoms with Crippen molar-refractivity contribution < 1.29 is 18.7 Å². The Morgan fingerprint density at radius 3 is 2.59 bits per heavy atom. The van der Waals surface area contributed by atoms with Crippen molar-refractivity contribution in [2.75, 3.05) is 26.2 Å². The van der Waals surface area contributed by atoms with Crippen LogP contribution >= 0.6 is 11.3 Å². The first-order valence-electron chi connectivity index (χ1n) is 10.4. The van der Waals surface area contributed by atoms with E-state index in [9.17, 15) is 14.3 Å². The Morgan fingerprint density at radius 1 is 1.22 bits per heavy atom. The molecule has 0 saturated carbocycles. The van der Waals surface area contributed by atoms with Crippen molar-refractivity contribution >= 4 is 22.2 Å². The molecule has 1 aliphatic rings. The molecule has 1 aliphatic heterocycles. The molecule has 0 radical (unpaired) electrons. The summed E-state index contributed by atoms with van der Waals surface area (Å²) in [4.78, 5) is 22.4. The summed E-state index contributed by atoms with van der Waals surface area (Å²) in [6.45, 7) is 4.16. The Morgan fingerprint density at radius 2 is 1.97 bits per heavy atom. The van der Waals surface area contributed by atoms with Gasteiger partial charge in [-0.05, 0) is 29.8 Å². The van der Waals surface area contributed by atoms with Crippen molar-refractivity contribution in [2.45, 2.75) is 19.4 Å². The van der Waals surface area contributed by atoms with Crippen LogP contribution < -0.4 is 0 Å². The molecule has 0 bridgehead atoms. The van der Waals surface area contributed by atoms with Crippen LogP contribution in [0.25, 0.3) is 4.96 Å². The minimum atomic E-state index is -0.319. The Bertz CT molecular complexity index is 1230. The number of nitrogens with zero attached hydrogens (tertiary/aromatic N) is 5. The fourth-order valence-corrected chi connectivity index (χ4v) is 5.17. The predicted molar refractivity (Wildman–Crippen MR) is 116 cm³/mol. The summed E-state index contributed by atoms with van der Waals surface area (Å²) in [5.74, 6) is 0.577. The summed E-state index contributed by atoms with van der Waals surface area (Å²) in [5.41, 5.74) is 0.854. The topological polar surface area (TPSA) is 87.1 Å². The number of furan rings is 1. The lowest BCUT2D eigenvalue weighted by Crippen LogP contribution is -2.49. The third-order valence-electron chi connectivity index (χ3n) is 5.69.